The molecular weight excluding hydrogens is 381 g/mol. The maximum atomic E-state index is 6.11. The van der Waals surface area contributed by atoms with Crippen molar-refractivity contribution in [1.29, 1.82) is 0 Å². The second kappa shape index (κ2) is 7.95. The fourth-order valence-corrected chi connectivity index (χ4v) is 3.55. The van der Waals surface area contributed by atoms with E-state index >= 15 is 0 Å². The van der Waals surface area contributed by atoms with E-state index in [1.54, 1.807) is 32.4 Å². The highest BCUT2D eigenvalue weighted by Crippen LogP contribution is 2.35. The van der Waals surface area contributed by atoms with Crippen LogP contribution in [0.3, 0.4) is 0 Å². The van der Waals surface area contributed by atoms with Gasteiger partial charge in [-0.2, -0.15) is 0 Å². The third-order valence-electron chi connectivity index (χ3n) is 3.47. The van der Waals surface area contributed by atoms with Crippen molar-refractivity contribution in [3.8, 4) is 27.8 Å². The number of rotatable bonds is 6. The summed E-state index contributed by atoms with van der Waals surface area (Å²) in [5.41, 5.74) is 1.75. The third-order valence-corrected chi connectivity index (χ3v) is 5.00. The summed E-state index contributed by atoms with van der Waals surface area (Å²) >= 11 is 13.7. The first kappa shape index (κ1) is 17.9. The molecule has 4 nitrogen and oxygen atoms in total. The Labute approximate surface area is 159 Å². The highest BCUT2D eigenvalue weighted by Gasteiger charge is 2.11. The molecule has 0 aliphatic rings. The van der Waals surface area contributed by atoms with E-state index in [2.05, 4.69) is 4.98 Å². The monoisotopic (exact) mass is 395 g/mol. The van der Waals surface area contributed by atoms with Crippen molar-refractivity contribution in [1.82, 2.24) is 4.98 Å². The molecule has 0 bridgehead atoms. The normalized spacial score (nSPS) is 10.6. The van der Waals surface area contributed by atoms with Crippen LogP contribution in [0.5, 0.6) is 17.2 Å². The molecule has 0 atom stereocenters. The zero-order valence-corrected chi connectivity index (χ0v) is 15.9. The SMILES string of the molecule is COc1ccc(-c2nc(COc3c(Cl)cccc3Cl)cs2)cc1OC. The second-order valence-electron chi connectivity index (χ2n) is 5.05. The maximum absolute atomic E-state index is 6.11. The van der Waals surface area contributed by atoms with Crippen LogP contribution in [0.25, 0.3) is 10.6 Å². The number of thiazole rings is 1. The van der Waals surface area contributed by atoms with E-state index < -0.39 is 0 Å². The Morgan fingerprint density at radius 1 is 1.00 bits per heavy atom. The molecule has 2 aromatic carbocycles. The minimum atomic E-state index is 0.285. The van der Waals surface area contributed by atoms with Crippen molar-refractivity contribution < 1.29 is 14.2 Å². The van der Waals surface area contributed by atoms with Crippen molar-refractivity contribution in [2.75, 3.05) is 14.2 Å². The largest absolute Gasteiger partial charge is 0.493 e. The highest BCUT2D eigenvalue weighted by molar-refractivity contribution is 7.13. The van der Waals surface area contributed by atoms with E-state index in [1.807, 2.05) is 23.6 Å². The number of nitrogens with zero attached hydrogens (tertiary/aromatic N) is 1. The van der Waals surface area contributed by atoms with Gasteiger partial charge in [0.05, 0.1) is 30.0 Å². The van der Waals surface area contributed by atoms with E-state index in [-0.39, 0.29) is 6.61 Å². The average Bonchev–Trinajstić information content (AvgIpc) is 3.09. The van der Waals surface area contributed by atoms with Gasteiger partial charge in [0.2, 0.25) is 0 Å². The van der Waals surface area contributed by atoms with Crippen LogP contribution in [-0.2, 0) is 6.61 Å². The van der Waals surface area contributed by atoms with E-state index in [0.29, 0.717) is 27.3 Å². The fourth-order valence-electron chi connectivity index (χ4n) is 2.24. The molecule has 7 heteroatoms. The molecule has 25 heavy (non-hydrogen) atoms. The van der Waals surface area contributed by atoms with Crippen molar-refractivity contribution in [2.24, 2.45) is 0 Å². The molecule has 0 saturated carbocycles. The van der Waals surface area contributed by atoms with Crippen LogP contribution in [0.4, 0.5) is 0 Å². The first-order valence-corrected chi connectivity index (χ1v) is 8.99. The molecule has 0 fully saturated rings. The van der Waals surface area contributed by atoms with Crippen LogP contribution in [0.1, 0.15) is 5.69 Å². The lowest BCUT2D eigenvalue weighted by molar-refractivity contribution is 0.302. The quantitative estimate of drug-likeness (QED) is 0.535. The topological polar surface area (TPSA) is 40.6 Å². The Kier molecular flexibility index (Phi) is 5.68. The van der Waals surface area contributed by atoms with Crippen LogP contribution >= 0.6 is 34.5 Å². The third kappa shape index (κ3) is 4.00. The summed E-state index contributed by atoms with van der Waals surface area (Å²) in [4.78, 5) is 4.60. The summed E-state index contributed by atoms with van der Waals surface area (Å²) in [6.07, 6.45) is 0. The number of ether oxygens (including phenoxy) is 3. The molecule has 1 heterocycles. The van der Waals surface area contributed by atoms with Crippen molar-refractivity contribution in [3.63, 3.8) is 0 Å². The molecule has 0 N–H and O–H groups in total. The van der Waals surface area contributed by atoms with Gasteiger partial charge in [-0.1, -0.05) is 29.3 Å². The predicted octanol–water partition coefficient (Wildman–Crippen LogP) is 5.71. The number of halogens is 2. The molecule has 3 rings (SSSR count). The number of para-hydroxylation sites is 1. The number of methoxy groups -OCH3 is 2. The Morgan fingerprint density at radius 2 is 1.72 bits per heavy atom. The zero-order chi connectivity index (χ0) is 17.8. The van der Waals surface area contributed by atoms with Gasteiger partial charge in [0.25, 0.3) is 0 Å². The molecule has 3 aromatic rings. The Bertz CT molecular complexity index is 862. The lowest BCUT2D eigenvalue weighted by Gasteiger charge is -2.08. The van der Waals surface area contributed by atoms with E-state index in [0.717, 1.165) is 16.3 Å². The summed E-state index contributed by atoms with van der Waals surface area (Å²) in [6, 6.07) is 10.9. The van der Waals surface area contributed by atoms with Crippen LogP contribution in [0.2, 0.25) is 10.0 Å². The number of benzene rings is 2. The zero-order valence-electron chi connectivity index (χ0n) is 13.6. The smallest absolute Gasteiger partial charge is 0.161 e. The molecule has 1 aromatic heterocycles. The van der Waals surface area contributed by atoms with Gasteiger partial charge >= 0.3 is 0 Å². The Hall–Kier alpha value is -1.95. The minimum Gasteiger partial charge on any atom is -0.493 e. The first-order chi connectivity index (χ1) is 12.1. The molecular formula is C18H15Cl2NO3S. The molecule has 0 spiro atoms. The van der Waals surface area contributed by atoms with Crippen molar-refractivity contribution in [3.05, 3.63) is 57.5 Å². The summed E-state index contributed by atoms with van der Waals surface area (Å²) < 4.78 is 16.3. The lowest BCUT2D eigenvalue weighted by atomic mass is 10.2. The highest BCUT2D eigenvalue weighted by atomic mass is 35.5. The van der Waals surface area contributed by atoms with Crippen molar-refractivity contribution >= 4 is 34.5 Å². The van der Waals surface area contributed by atoms with Gasteiger partial charge < -0.3 is 14.2 Å². The van der Waals surface area contributed by atoms with Gasteiger partial charge in [-0.25, -0.2) is 4.98 Å². The van der Waals surface area contributed by atoms with E-state index in [4.69, 9.17) is 37.4 Å². The molecule has 0 saturated heterocycles. The standard InChI is InChI=1S/C18H15Cl2NO3S/c1-22-15-7-6-11(8-16(15)23-2)18-21-12(10-25-18)9-24-17-13(19)4-3-5-14(17)20/h3-8,10H,9H2,1-2H3. The van der Waals surface area contributed by atoms with Crippen LogP contribution in [-0.4, -0.2) is 19.2 Å². The van der Waals surface area contributed by atoms with E-state index in [1.165, 1.54) is 11.3 Å². The number of hydrogen-bond donors (Lipinski definition) is 0. The van der Waals surface area contributed by atoms with Gasteiger partial charge in [0, 0.05) is 10.9 Å². The lowest BCUT2D eigenvalue weighted by Crippen LogP contribution is -1.97. The van der Waals surface area contributed by atoms with Crippen LogP contribution < -0.4 is 14.2 Å². The van der Waals surface area contributed by atoms with E-state index in [9.17, 15) is 0 Å². The molecule has 0 aliphatic heterocycles. The predicted molar refractivity (Wildman–Crippen MR) is 101 cm³/mol. The summed E-state index contributed by atoms with van der Waals surface area (Å²) in [7, 11) is 3.21. The average molecular weight is 396 g/mol. The van der Waals surface area contributed by atoms with Crippen LogP contribution in [0, 0.1) is 0 Å². The first-order valence-electron chi connectivity index (χ1n) is 7.36. The molecule has 0 aliphatic carbocycles. The summed E-state index contributed by atoms with van der Waals surface area (Å²) in [5, 5.41) is 3.76. The van der Waals surface area contributed by atoms with Gasteiger partial charge in [-0.15, -0.1) is 11.3 Å². The molecule has 0 amide bonds. The number of hydrogen-bond acceptors (Lipinski definition) is 5. The summed E-state index contributed by atoms with van der Waals surface area (Å²) in [5.74, 6) is 1.81. The summed E-state index contributed by atoms with van der Waals surface area (Å²) in [6.45, 7) is 0.285. The van der Waals surface area contributed by atoms with Gasteiger partial charge in [0.1, 0.15) is 11.6 Å². The van der Waals surface area contributed by atoms with Crippen molar-refractivity contribution in [2.45, 2.75) is 6.61 Å². The number of aromatic nitrogens is 1. The molecule has 0 radical (unpaired) electrons. The minimum absolute atomic E-state index is 0.285. The second-order valence-corrected chi connectivity index (χ2v) is 6.73. The maximum Gasteiger partial charge on any atom is 0.161 e. The Morgan fingerprint density at radius 3 is 2.40 bits per heavy atom. The molecule has 0 unspecified atom stereocenters. The fraction of sp³-hybridized carbons (Fsp3) is 0.167. The van der Waals surface area contributed by atoms with Gasteiger partial charge in [0.15, 0.2) is 17.2 Å². The van der Waals surface area contributed by atoms with Gasteiger partial charge in [-0.05, 0) is 30.3 Å². The van der Waals surface area contributed by atoms with Crippen LogP contribution in [0.15, 0.2) is 41.8 Å². The Balaban J connectivity index is 1.77. The molecule has 130 valence electrons. The van der Waals surface area contributed by atoms with Gasteiger partial charge in [-0.3, -0.25) is 0 Å².